The lowest BCUT2D eigenvalue weighted by atomic mass is 9.97. The van der Waals surface area contributed by atoms with Gasteiger partial charge in [0.15, 0.2) is 0 Å². The van der Waals surface area contributed by atoms with Gasteiger partial charge in [0.2, 0.25) is 5.91 Å². The zero-order chi connectivity index (χ0) is 27.9. The Labute approximate surface area is 227 Å². The largest absolute Gasteiger partial charge is 0.459 e. The molecule has 0 unspecified atom stereocenters. The van der Waals surface area contributed by atoms with Crippen molar-refractivity contribution >= 4 is 39.2 Å². The number of nitrogens with zero attached hydrogens (tertiary/aromatic N) is 1. The van der Waals surface area contributed by atoms with Crippen LogP contribution >= 0.6 is 11.3 Å². The van der Waals surface area contributed by atoms with Crippen molar-refractivity contribution in [1.82, 2.24) is 10.3 Å². The van der Waals surface area contributed by atoms with Gasteiger partial charge >= 0.3 is 16.3 Å². The lowest BCUT2D eigenvalue weighted by Crippen LogP contribution is -2.42. The van der Waals surface area contributed by atoms with Crippen LogP contribution in [-0.2, 0) is 43.9 Å². The van der Waals surface area contributed by atoms with Gasteiger partial charge in [-0.2, -0.15) is 8.42 Å². The molecular weight excluding hydrogens is 526 g/mol. The number of benzene rings is 2. The summed E-state index contributed by atoms with van der Waals surface area (Å²) in [4.78, 5) is 31.4. The Kier molecular flexibility index (Phi) is 9.64. The van der Waals surface area contributed by atoms with Crippen LogP contribution in [0, 0.1) is 5.92 Å². The molecule has 0 fully saturated rings. The highest BCUT2D eigenvalue weighted by molar-refractivity contribution is 7.87. The highest BCUT2D eigenvalue weighted by Gasteiger charge is 2.33. The molecule has 11 heteroatoms. The van der Waals surface area contributed by atoms with Crippen LogP contribution in [0.1, 0.15) is 55.6 Å². The molecule has 1 aromatic heterocycles. The second-order valence-electron chi connectivity index (χ2n) is 9.85. The molecule has 3 N–H and O–H groups in total. The fourth-order valence-electron chi connectivity index (χ4n) is 3.72. The number of amides is 1. The number of ether oxygens (including phenoxy) is 1. The average Bonchev–Trinajstić information content (AvgIpc) is 3.31. The van der Waals surface area contributed by atoms with Crippen molar-refractivity contribution < 1.29 is 27.3 Å². The zero-order valence-electron chi connectivity index (χ0n) is 21.8. The summed E-state index contributed by atoms with van der Waals surface area (Å²) in [5.74, 6) is -2.14. The van der Waals surface area contributed by atoms with Gasteiger partial charge in [0, 0.05) is 5.38 Å². The van der Waals surface area contributed by atoms with E-state index in [4.69, 9.17) is 9.29 Å². The van der Waals surface area contributed by atoms with Crippen molar-refractivity contribution in [2.24, 2.45) is 5.92 Å². The molecule has 204 valence electrons. The molecule has 1 amide bonds. The molecule has 3 aromatic rings. The molecule has 0 bridgehead atoms. The molecule has 0 saturated heterocycles. The lowest BCUT2D eigenvalue weighted by Gasteiger charge is -2.25. The van der Waals surface area contributed by atoms with E-state index in [1.807, 2.05) is 47.4 Å². The molecule has 2 aromatic carbocycles. The third kappa shape index (κ3) is 9.23. The highest BCUT2D eigenvalue weighted by Crippen LogP contribution is 2.25. The van der Waals surface area contributed by atoms with Gasteiger partial charge in [0.05, 0.1) is 17.4 Å². The van der Waals surface area contributed by atoms with Crippen molar-refractivity contribution in [2.75, 3.05) is 4.72 Å². The Morgan fingerprint density at radius 3 is 2.21 bits per heavy atom. The van der Waals surface area contributed by atoms with Crippen molar-refractivity contribution in [1.29, 1.82) is 0 Å². The average molecular weight is 560 g/mol. The number of carbonyl (C=O) groups is 2. The maximum absolute atomic E-state index is 13.6. The molecule has 0 radical (unpaired) electrons. The molecule has 9 nitrogen and oxygen atoms in total. The topological polar surface area (TPSA) is 135 Å². The van der Waals surface area contributed by atoms with Crippen LogP contribution in [0.25, 0.3) is 0 Å². The summed E-state index contributed by atoms with van der Waals surface area (Å²) >= 11 is 1.42. The number of nitrogens with one attached hydrogen (secondary N) is 2. The summed E-state index contributed by atoms with van der Waals surface area (Å²) in [6, 6.07) is 15.2. The molecule has 0 saturated carbocycles. The van der Waals surface area contributed by atoms with E-state index >= 15 is 0 Å². The van der Waals surface area contributed by atoms with Gasteiger partial charge in [0.25, 0.3) is 0 Å². The molecule has 0 spiro atoms. The van der Waals surface area contributed by atoms with E-state index in [2.05, 4.69) is 10.3 Å². The number of esters is 1. The Balaban J connectivity index is 1.87. The van der Waals surface area contributed by atoms with Gasteiger partial charge in [-0.3, -0.25) is 18.9 Å². The van der Waals surface area contributed by atoms with Crippen molar-refractivity contribution in [2.45, 2.75) is 58.6 Å². The molecule has 0 aliphatic carbocycles. The van der Waals surface area contributed by atoms with Gasteiger partial charge in [-0.15, -0.1) is 11.3 Å². The summed E-state index contributed by atoms with van der Waals surface area (Å²) in [5, 5.41) is 5.64. The number of rotatable bonds is 11. The molecule has 1 heterocycles. The summed E-state index contributed by atoms with van der Waals surface area (Å²) < 4.78 is 38.8. The minimum absolute atomic E-state index is 0.183. The van der Waals surface area contributed by atoms with E-state index in [1.54, 1.807) is 32.9 Å². The minimum Gasteiger partial charge on any atom is -0.459 e. The number of anilines is 1. The number of aromatic nitrogens is 1. The predicted octanol–water partition coefficient (Wildman–Crippen LogP) is 4.52. The van der Waals surface area contributed by atoms with E-state index in [-0.39, 0.29) is 12.1 Å². The summed E-state index contributed by atoms with van der Waals surface area (Å²) in [5.41, 5.74) is 1.97. The third-order valence-corrected chi connectivity index (χ3v) is 6.98. The van der Waals surface area contributed by atoms with Gasteiger partial charge < -0.3 is 10.1 Å². The first-order chi connectivity index (χ1) is 17.8. The van der Waals surface area contributed by atoms with Crippen LogP contribution in [0.2, 0.25) is 0 Å². The Bertz CT molecular complexity index is 1330. The van der Waals surface area contributed by atoms with E-state index in [0.717, 1.165) is 23.2 Å². The van der Waals surface area contributed by atoms with Crippen LogP contribution < -0.4 is 10.0 Å². The van der Waals surface area contributed by atoms with Crippen LogP contribution in [0.3, 0.4) is 0 Å². The van der Waals surface area contributed by atoms with Crippen LogP contribution in [0.5, 0.6) is 0 Å². The van der Waals surface area contributed by atoms with Crippen LogP contribution in [0.15, 0.2) is 60.0 Å². The minimum atomic E-state index is -4.39. The highest BCUT2D eigenvalue weighted by atomic mass is 32.2. The molecule has 2 atom stereocenters. The zero-order valence-corrected chi connectivity index (χ0v) is 23.4. The van der Waals surface area contributed by atoms with Crippen molar-refractivity contribution in [3.05, 3.63) is 81.8 Å². The Morgan fingerprint density at radius 2 is 1.66 bits per heavy atom. The van der Waals surface area contributed by atoms with E-state index in [9.17, 15) is 18.0 Å². The van der Waals surface area contributed by atoms with Gasteiger partial charge in [-0.05, 0) is 63.3 Å². The lowest BCUT2D eigenvalue weighted by molar-refractivity contribution is -0.162. The number of hydrogen-bond acceptors (Lipinski definition) is 7. The second kappa shape index (κ2) is 12.5. The first-order valence-corrected chi connectivity index (χ1v) is 14.5. The van der Waals surface area contributed by atoms with E-state index < -0.39 is 39.7 Å². The fourth-order valence-corrected chi connectivity index (χ4v) is 5.10. The molecule has 3 rings (SSSR count). The van der Waals surface area contributed by atoms with E-state index in [1.165, 1.54) is 23.5 Å². The summed E-state index contributed by atoms with van der Waals surface area (Å²) in [6.07, 6.45) is 1.27. The molecule has 38 heavy (non-hydrogen) atoms. The standard InChI is InChI=1S/C27H33N3O6S2/c1-5-20-17-37-25(28-20)23(16-19-11-13-21(14-12-19)30-38(33,34)35)29-24(31)22(26(32)36-27(2,3)4)15-18-9-7-6-8-10-18/h6-14,17,22-23,30H,5,15-16H2,1-4H3,(H,29,31)(H,33,34,35)/t22-,23+/m1/s1. The van der Waals surface area contributed by atoms with Crippen molar-refractivity contribution in [3.63, 3.8) is 0 Å². The summed E-state index contributed by atoms with van der Waals surface area (Å²) in [7, 11) is -4.39. The summed E-state index contributed by atoms with van der Waals surface area (Å²) in [6.45, 7) is 7.26. The van der Waals surface area contributed by atoms with Gasteiger partial charge in [-0.25, -0.2) is 4.98 Å². The molecule has 0 aliphatic heterocycles. The number of thiazole rings is 1. The van der Waals surface area contributed by atoms with Gasteiger partial charge in [-0.1, -0.05) is 49.4 Å². The molecule has 0 aliphatic rings. The quantitative estimate of drug-likeness (QED) is 0.179. The number of hydrogen-bond donors (Lipinski definition) is 3. The third-order valence-electron chi connectivity index (χ3n) is 5.48. The first-order valence-electron chi connectivity index (χ1n) is 12.2. The maximum Gasteiger partial charge on any atom is 0.357 e. The Hall–Kier alpha value is -3.28. The SMILES string of the molecule is CCc1csc([C@H](Cc2ccc(NS(=O)(=O)O)cc2)NC(=O)[C@@H](Cc2ccccc2)C(=O)OC(C)(C)C)n1. The van der Waals surface area contributed by atoms with Gasteiger partial charge in [0.1, 0.15) is 16.5 Å². The van der Waals surface area contributed by atoms with Crippen LogP contribution in [-0.4, -0.2) is 35.4 Å². The second-order valence-corrected chi connectivity index (χ2v) is 11.9. The number of carbonyl (C=O) groups excluding carboxylic acids is 2. The maximum atomic E-state index is 13.6. The smallest absolute Gasteiger partial charge is 0.357 e. The van der Waals surface area contributed by atoms with E-state index in [0.29, 0.717) is 11.4 Å². The Morgan fingerprint density at radius 1 is 1.03 bits per heavy atom. The predicted molar refractivity (Wildman–Crippen MR) is 147 cm³/mol. The normalized spacial score (nSPS) is 13.4. The first kappa shape index (κ1) is 29.3. The molecular formula is C27H33N3O6S2. The van der Waals surface area contributed by atoms with Crippen molar-refractivity contribution in [3.8, 4) is 0 Å². The monoisotopic (exact) mass is 559 g/mol. The number of aryl methyl sites for hydroxylation is 1. The fraction of sp³-hybridized carbons (Fsp3) is 0.370. The van der Waals surface area contributed by atoms with Crippen LogP contribution in [0.4, 0.5) is 5.69 Å².